The molecule has 0 aliphatic carbocycles. The van der Waals surface area contributed by atoms with E-state index in [-0.39, 0.29) is 13.0 Å². The number of rotatable bonds is 6. The Morgan fingerprint density at radius 1 is 1.11 bits per heavy atom. The molecule has 2 unspecified atom stereocenters. The number of alkyl halides is 6. The van der Waals surface area contributed by atoms with Crippen LogP contribution in [0.5, 0.6) is 0 Å². The molecule has 18 heavy (non-hydrogen) atoms. The molecule has 0 saturated heterocycles. The fourth-order valence-corrected chi connectivity index (χ4v) is 1.67. The number of ether oxygens (including phenoxy) is 1. The SMILES string of the molecule is COCCC(C)C(NN)C(C(F)(F)F)C(F)(F)F. The first kappa shape index (κ1) is 17.5. The molecule has 0 aliphatic heterocycles. The molecular formula is C9H16F6N2O. The van der Waals surface area contributed by atoms with Gasteiger partial charge in [0.2, 0.25) is 0 Å². The van der Waals surface area contributed by atoms with Crippen molar-refractivity contribution in [3.8, 4) is 0 Å². The van der Waals surface area contributed by atoms with Gasteiger partial charge in [0.25, 0.3) is 0 Å². The van der Waals surface area contributed by atoms with Crippen LogP contribution in [0.25, 0.3) is 0 Å². The van der Waals surface area contributed by atoms with Crippen molar-refractivity contribution in [2.24, 2.45) is 17.7 Å². The minimum Gasteiger partial charge on any atom is -0.385 e. The van der Waals surface area contributed by atoms with Crippen molar-refractivity contribution in [2.45, 2.75) is 31.7 Å². The van der Waals surface area contributed by atoms with Crippen LogP contribution in [-0.4, -0.2) is 32.1 Å². The quantitative estimate of drug-likeness (QED) is 0.446. The van der Waals surface area contributed by atoms with Crippen molar-refractivity contribution in [1.82, 2.24) is 5.43 Å². The number of halogens is 6. The minimum absolute atomic E-state index is 0.0357. The summed E-state index contributed by atoms with van der Waals surface area (Å²) >= 11 is 0. The van der Waals surface area contributed by atoms with Crippen molar-refractivity contribution in [2.75, 3.05) is 13.7 Å². The molecule has 0 bridgehead atoms. The molecule has 3 nitrogen and oxygen atoms in total. The Labute approximate surface area is 101 Å². The van der Waals surface area contributed by atoms with Crippen molar-refractivity contribution in [3.63, 3.8) is 0 Å². The first-order valence-corrected chi connectivity index (χ1v) is 5.14. The van der Waals surface area contributed by atoms with Crippen LogP contribution in [0, 0.1) is 11.8 Å². The van der Waals surface area contributed by atoms with Crippen LogP contribution in [0.3, 0.4) is 0 Å². The molecule has 0 spiro atoms. The normalized spacial score (nSPS) is 17.0. The van der Waals surface area contributed by atoms with E-state index in [0.29, 0.717) is 0 Å². The summed E-state index contributed by atoms with van der Waals surface area (Å²) in [5.41, 5.74) is 1.63. The lowest BCUT2D eigenvalue weighted by atomic mass is 9.87. The average Bonchev–Trinajstić information content (AvgIpc) is 2.18. The van der Waals surface area contributed by atoms with Gasteiger partial charge in [-0.05, 0) is 12.3 Å². The summed E-state index contributed by atoms with van der Waals surface area (Å²) < 4.78 is 79.6. The van der Waals surface area contributed by atoms with E-state index in [0.717, 1.165) is 0 Å². The summed E-state index contributed by atoms with van der Waals surface area (Å²) in [7, 11) is 1.31. The van der Waals surface area contributed by atoms with Gasteiger partial charge in [-0.1, -0.05) is 6.92 Å². The van der Waals surface area contributed by atoms with Crippen LogP contribution in [-0.2, 0) is 4.74 Å². The number of hydrazine groups is 1. The molecule has 0 saturated carbocycles. The van der Waals surface area contributed by atoms with E-state index in [2.05, 4.69) is 4.74 Å². The molecule has 0 aromatic heterocycles. The molecule has 0 aromatic carbocycles. The maximum absolute atomic E-state index is 12.5. The van der Waals surface area contributed by atoms with E-state index in [9.17, 15) is 26.3 Å². The maximum atomic E-state index is 12.5. The molecular weight excluding hydrogens is 266 g/mol. The van der Waals surface area contributed by atoms with Crippen LogP contribution in [0.2, 0.25) is 0 Å². The largest absolute Gasteiger partial charge is 0.402 e. The fraction of sp³-hybridized carbons (Fsp3) is 1.00. The maximum Gasteiger partial charge on any atom is 0.402 e. The van der Waals surface area contributed by atoms with Crippen LogP contribution in [0.15, 0.2) is 0 Å². The van der Waals surface area contributed by atoms with E-state index < -0.39 is 30.2 Å². The summed E-state index contributed by atoms with van der Waals surface area (Å²) in [5, 5.41) is 0. The van der Waals surface area contributed by atoms with Crippen LogP contribution in [0.4, 0.5) is 26.3 Å². The number of nitrogens with two attached hydrogens (primary N) is 1. The van der Waals surface area contributed by atoms with Gasteiger partial charge in [-0.2, -0.15) is 26.3 Å². The Bertz CT molecular complexity index is 228. The van der Waals surface area contributed by atoms with Gasteiger partial charge in [-0.3, -0.25) is 11.3 Å². The zero-order chi connectivity index (χ0) is 14.6. The van der Waals surface area contributed by atoms with E-state index in [4.69, 9.17) is 5.84 Å². The first-order valence-electron chi connectivity index (χ1n) is 5.14. The second-order valence-electron chi connectivity index (χ2n) is 4.01. The molecule has 3 N–H and O–H groups in total. The standard InChI is InChI=1S/C9H16F6N2O/c1-5(3-4-18-2)6(17-16)7(8(10,11)12)9(13,14)15/h5-7,17H,3-4,16H2,1-2H3. The van der Waals surface area contributed by atoms with Gasteiger partial charge in [0.1, 0.15) is 0 Å². The highest BCUT2D eigenvalue weighted by molar-refractivity contribution is 4.89. The number of methoxy groups -OCH3 is 1. The molecule has 0 rings (SSSR count). The Kier molecular flexibility index (Phi) is 6.38. The molecule has 0 fully saturated rings. The Balaban J connectivity index is 5.05. The third-order valence-corrected chi connectivity index (χ3v) is 2.65. The predicted octanol–water partition coefficient (Wildman–Crippen LogP) is 2.23. The molecule has 0 aliphatic rings. The molecule has 0 radical (unpaired) electrons. The highest BCUT2D eigenvalue weighted by Gasteiger charge is 2.60. The number of nitrogens with one attached hydrogen (secondary N) is 1. The van der Waals surface area contributed by atoms with E-state index in [1.54, 1.807) is 5.43 Å². The summed E-state index contributed by atoms with van der Waals surface area (Å²) in [6.45, 7) is 1.32. The third-order valence-electron chi connectivity index (χ3n) is 2.65. The Morgan fingerprint density at radius 3 is 1.83 bits per heavy atom. The second kappa shape index (κ2) is 6.58. The lowest BCUT2D eigenvalue weighted by Crippen LogP contribution is -2.56. The number of hydrogen-bond acceptors (Lipinski definition) is 3. The summed E-state index contributed by atoms with van der Waals surface area (Å²) in [6, 6.07) is -1.94. The van der Waals surface area contributed by atoms with Crippen LogP contribution in [0.1, 0.15) is 13.3 Å². The molecule has 110 valence electrons. The van der Waals surface area contributed by atoms with E-state index >= 15 is 0 Å². The summed E-state index contributed by atoms with van der Waals surface area (Å²) in [6.07, 6.45) is -10.8. The van der Waals surface area contributed by atoms with Crippen LogP contribution >= 0.6 is 0 Å². The zero-order valence-electron chi connectivity index (χ0n) is 9.90. The molecule has 0 amide bonds. The van der Waals surface area contributed by atoms with Crippen molar-refractivity contribution in [1.29, 1.82) is 0 Å². The summed E-state index contributed by atoms with van der Waals surface area (Å²) in [4.78, 5) is 0. The minimum atomic E-state index is -5.41. The van der Waals surface area contributed by atoms with Gasteiger partial charge >= 0.3 is 12.4 Å². The van der Waals surface area contributed by atoms with Gasteiger partial charge in [-0.15, -0.1) is 0 Å². The smallest absolute Gasteiger partial charge is 0.385 e. The third kappa shape index (κ3) is 4.99. The van der Waals surface area contributed by atoms with Gasteiger partial charge in [0.05, 0.1) is 0 Å². The zero-order valence-corrected chi connectivity index (χ0v) is 9.90. The van der Waals surface area contributed by atoms with Gasteiger partial charge in [-0.25, -0.2) is 0 Å². The first-order chi connectivity index (χ1) is 8.05. The topological polar surface area (TPSA) is 47.3 Å². The fourth-order valence-electron chi connectivity index (χ4n) is 1.67. The van der Waals surface area contributed by atoms with E-state index in [1.165, 1.54) is 14.0 Å². The second-order valence-corrected chi connectivity index (χ2v) is 4.01. The van der Waals surface area contributed by atoms with Gasteiger partial charge in [0.15, 0.2) is 5.92 Å². The highest BCUT2D eigenvalue weighted by Crippen LogP contribution is 2.43. The lowest BCUT2D eigenvalue weighted by molar-refractivity contribution is -0.295. The highest BCUT2D eigenvalue weighted by atomic mass is 19.4. The predicted molar refractivity (Wildman–Crippen MR) is 52.4 cm³/mol. The van der Waals surface area contributed by atoms with E-state index in [1.807, 2.05) is 0 Å². The monoisotopic (exact) mass is 282 g/mol. The summed E-state index contributed by atoms with van der Waals surface area (Å²) in [5.74, 6) is 0.409. The van der Waals surface area contributed by atoms with Crippen molar-refractivity contribution in [3.05, 3.63) is 0 Å². The van der Waals surface area contributed by atoms with Crippen molar-refractivity contribution < 1.29 is 31.1 Å². The number of hydrogen-bond donors (Lipinski definition) is 2. The molecule has 0 heterocycles. The van der Waals surface area contributed by atoms with Gasteiger partial charge in [0, 0.05) is 19.8 Å². The van der Waals surface area contributed by atoms with Crippen molar-refractivity contribution >= 4 is 0 Å². The average molecular weight is 282 g/mol. The van der Waals surface area contributed by atoms with Crippen LogP contribution < -0.4 is 11.3 Å². The molecule has 0 aromatic rings. The molecule has 2 atom stereocenters. The molecule has 9 heteroatoms. The Morgan fingerprint density at radius 2 is 1.56 bits per heavy atom. The van der Waals surface area contributed by atoms with Gasteiger partial charge < -0.3 is 4.74 Å². The lowest BCUT2D eigenvalue weighted by Gasteiger charge is -2.33. The Hall–Kier alpha value is -0.540.